The number of nitrogens with zero attached hydrogens (tertiary/aromatic N) is 2. The summed E-state index contributed by atoms with van der Waals surface area (Å²) in [6.07, 6.45) is 0. The number of thiophene rings is 1. The molecule has 0 spiro atoms. The summed E-state index contributed by atoms with van der Waals surface area (Å²) in [4.78, 5) is 2.35. The second-order valence-corrected chi connectivity index (χ2v) is 15.6. The SMILES string of the molecule is c1ccc(-n2c3cc(-c4ccc(N(c5ccc6c(c5)sc5ccccc56)c5cccc6c5oc5ccccc56)cc4)ccc3c3ccc4ccccc4c32)cc1. The van der Waals surface area contributed by atoms with Gasteiger partial charge in [0.25, 0.3) is 0 Å². The molecule has 262 valence electrons. The highest BCUT2D eigenvalue weighted by molar-refractivity contribution is 7.25. The molecule has 3 heterocycles. The minimum Gasteiger partial charge on any atom is -0.454 e. The number of fused-ring (bicyclic) bond motifs is 11. The van der Waals surface area contributed by atoms with Gasteiger partial charge in [0.2, 0.25) is 0 Å². The minimum atomic E-state index is 0.876. The van der Waals surface area contributed by atoms with Crippen molar-refractivity contribution in [3.8, 4) is 16.8 Å². The van der Waals surface area contributed by atoms with E-state index in [1.165, 1.54) is 58.3 Å². The third-order valence-electron chi connectivity index (χ3n) is 11.4. The van der Waals surface area contributed by atoms with E-state index in [0.717, 1.165) is 50.3 Å². The topological polar surface area (TPSA) is 21.3 Å². The number of hydrogen-bond acceptors (Lipinski definition) is 3. The van der Waals surface area contributed by atoms with E-state index in [2.05, 4.69) is 198 Å². The number of anilines is 3. The zero-order valence-corrected chi connectivity index (χ0v) is 31.0. The third-order valence-corrected chi connectivity index (χ3v) is 12.5. The van der Waals surface area contributed by atoms with Gasteiger partial charge in [0.1, 0.15) is 5.58 Å². The molecule has 0 radical (unpaired) electrons. The predicted molar refractivity (Wildman–Crippen MR) is 239 cm³/mol. The summed E-state index contributed by atoms with van der Waals surface area (Å²) in [5.41, 5.74) is 10.8. The van der Waals surface area contributed by atoms with Gasteiger partial charge in [-0.2, -0.15) is 0 Å². The molecular formula is C52H32N2OS. The Kier molecular flexibility index (Phi) is 6.80. The van der Waals surface area contributed by atoms with Crippen LogP contribution in [-0.4, -0.2) is 4.57 Å². The lowest BCUT2D eigenvalue weighted by Gasteiger charge is -2.26. The number of rotatable bonds is 5. The van der Waals surface area contributed by atoms with Crippen LogP contribution in [0.4, 0.5) is 17.1 Å². The molecule has 4 heteroatoms. The van der Waals surface area contributed by atoms with E-state index < -0.39 is 0 Å². The van der Waals surface area contributed by atoms with Crippen LogP contribution in [0.3, 0.4) is 0 Å². The van der Waals surface area contributed by atoms with E-state index in [4.69, 9.17) is 4.42 Å². The molecule has 0 atom stereocenters. The van der Waals surface area contributed by atoms with Crippen LogP contribution in [0.15, 0.2) is 199 Å². The van der Waals surface area contributed by atoms with Crippen LogP contribution in [-0.2, 0) is 0 Å². The van der Waals surface area contributed by atoms with Gasteiger partial charge in [-0.3, -0.25) is 0 Å². The Labute approximate surface area is 326 Å². The first-order valence-electron chi connectivity index (χ1n) is 19.0. The van der Waals surface area contributed by atoms with E-state index >= 15 is 0 Å². The van der Waals surface area contributed by atoms with Crippen molar-refractivity contribution >= 4 is 103 Å². The van der Waals surface area contributed by atoms with Gasteiger partial charge in [-0.05, 0) is 77.2 Å². The highest BCUT2D eigenvalue weighted by atomic mass is 32.1. The highest BCUT2D eigenvalue weighted by Crippen LogP contribution is 2.45. The fourth-order valence-corrected chi connectivity index (χ4v) is 9.93. The highest BCUT2D eigenvalue weighted by Gasteiger charge is 2.21. The Balaban J connectivity index is 1.03. The van der Waals surface area contributed by atoms with Gasteiger partial charge in [0, 0.05) is 64.2 Å². The molecule has 0 fully saturated rings. The number of hydrogen-bond donors (Lipinski definition) is 0. The van der Waals surface area contributed by atoms with Crippen LogP contribution in [0, 0.1) is 0 Å². The molecule has 0 aliphatic heterocycles. The molecule has 0 saturated carbocycles. The summed E-state index contributed by atoms with van der Waals surface area (Å²) in [6, 6.07) is 70.2. The van der Waals surface area contributed by atoms with Gasteiger partial charge in [-0.1, -0.05) is 133 Å². The quantitative estimate of drug-likeness (QED) is 0.176. The van der Waals surface area contributed by atoms with Crippen molar-refractivity contribution in [1.29, 1.82) is 0 Å². The summed E-state index contributed by atoms with van der Waals surface area (Å²) in [5, 5.41) is 9.81. The average Bonchev–Trinajstić information content (AvgIpc) is 3.94. The fraction of sp³-hybridized carbons (Fsp3) is 0. The summed E-state index contributed by atoms with van der Waals surface area (Å²) in [7, 11) is 0. The molecule has 0 unspecified atom stereocenters. The molecule has 0 aliphatic rings. The lowest BCUT2D eigenvalue weighted by Crippen LogP contribution is -2.10. The van der Waals surface area contributed by atoms with Crippen LogP contribution in [0.1, 0.15) is 0 Å². The first-order chi connectivity index (χ1) is 27.8. The fourth-order valence-electron chi connectivity index (χ4n) is 8.80. The van der Waals surface area contributed by atoms with E-state index in [1.54, 1.807) is 0 Å². The zero-order chi connectivity index (χ0) is 36.7. The van der Waals surface area contributed by atoms with E-state index in [-0.39, 0.29) is 0 Å². The molecular weight excluding hydrogens is 701 g/mol. The van der Waals surface area contributed by atoms with Gasteiger partial charge in [-0.15, -0.1) is 11.3 Å². The van der Waals surface area contributed by atoms with Crippen LogP contribution in [0.5, 0.6) is 0 Å². The van der Waals surface area contributed by atoms with Gasteiger partial charge >= 0.3 is 0 Å². The van der Waals surface area contributed by atoms with Crippen molar-refractivity contribution in [2.75, 3.05) is 4.90 Å². The van der Waals surface area contributed by atoms with E-state index in [0.29, 0.717) is 0 Å². The summed E-state index contributed by atoms with van der Waals surface area (Å²) in [6.45, 7) is 0. The molecule has 0 aliphatic carbocycles. The molecule has 3 aromatic heterocycles. The maximum Gasteiger partial charge on any atom is 0.159 e. The molecule has 0 amide bonds. The minimum absolute atomic E-state index is 0.876. The summed E-state index contributed by atoms with van der Waals surface area (Å²) in [5.74, 6) is 0. The van der Waals surface area contributed by atoms with Crippen LogP contribution in [0.25, 0.3) is 91.5 Å². The maximum atomic E-state index is 6.63. The first kappa shape index (κ1) is 31.2. The van der Waals surface area contributed by atoms with Crippen molar-refractivity contribution in [3.05, 3.63) is 194 Å². The van der Waals surface area contributed by atoms with Crippen LogP contribution < -0.4 is 4.90 Å². The molecule has 12 rings (SSSR count). The average molecular weight is 733 g/mol. The van der Waals surface area contributed by atoms with Gasteiger partial charge in [0.05, 0.1) is 16.7 Å². The second kappa shape index (κ2) is 12.2. The van der Waals surface area contributed by atoms with E-state index in [1.807, 2.05) is 17.4 Å². The Bertz CT molecular complexity index is 3480. The lowest BCUT2D eigenvalue weighted by atomic mass is 10.0. The zero-order valence-electron chi connectivity index (χ0n) is 30.2. The largest absolute Gasteiger partial charge is 0.454 e. The molecule has 56 heavy (non-hydrogen) atoms. The summed E-state index contributed by atoms with van der Waals surface area (Å²) < 4.78 is 11.6. The van der Waals surface area contributed by atoms with Gasteiger partial charge in [0.15, 0.2) is 5.58 Å². The Morgan fingerprint density at radius 3 is 2.00 bits per heavy atom. The van der Waals surface area contributed by atoms with Gasteiger partial charge < -0.3 is 13.9 Å². The molecule has 3 nitrogen and oxygen atoms in total. The van der Waals surface area contributed by atoms with Crippen molar-refractivity contribution in [1.82, 2.24) is 4.57 Å². The van der Waals surface area contributed by atoms with Crippen molar-refractivity contribution < 1.29 is 4.42 Å². The standard InChI is InChI=1S/C52H32N2OS/c1-2-12-36(13-3-1)54-47-31-35(24-28-40(47)44-29-23-34-11-4-5-14-39(34)51(44)54)33-21-25-37(26-22-33)53(38-27-30-43-42-16-7-9-20-49(42)56-50(43)32-38)46-18-10-17-45-41-15-6-8-19-48(41)55-52(45)46/h1-32H. The van der Waals surface area contributed by atoms with Crippen molar-refractivity contribution in [2.24, 2.45) is 0 Å². The third kappa shape index (κ3) is 4.70. The lowest BCUT2D eigenvalue weighted by molar-refractivity contribution is 0.669. The van der Waals surface area contributed by atoms with Crippen LogP contribution in [0.2, 0.25) is 0 Å². The maximum absolute atomic E-state index is 6.63. The predicted octanol–water partition coefficient (Wildman–Crippen LogP) is 15.3. The molecule has 0 N–H and O–H groups in total. The number of aromatic nitrogens is 1. The Hall–Kier alpha value is -7.14. The molecule has 0 bridgehead atoms. The monoisotopic (exact) mass is 732 g/mol. The van der Waals surface area contributed by atoms with Gasteiger partial charge in [-0.25, -0.2) is 0 Å². The number of para-hydroxylation sites is 3. The van der Waals surface area contributed by atoms with Crippen molar-refractivity contribution in [3.63, 3.8) is 0 Å². The van der Waals surface area contributed by atoms with Crippen LogP contribution >= 0.6 is 11.3 Å². The number of benzene rings is 9. The normalized spacial score (nSPS) is 11.9. The summed E-state index contributed by atoms with van der Waals surface area (Å²) >= 11 is 1.84. The van der Waals surface area contributed by atoms with E-state index in [9.17, 15) is 0 Å². The van der Waals surface area contributed by atoms with Crippen molar-refractivity contribution in [2.45, 2.75) is 0 Å². The smallest absolute Gasteiger partial charge is 0.159 e. The molecule has 12 aromatic rings. The second-order valence-electron chi connectivity index (χ2n) is 14.5. The Morgan fingerprint density at radius 2 is 1.11 bits per heavy atom. The molecule has 9 aromatic carbocycles. The number of furan rings is 1. The Morgan fingerprint density at radius 1 is 0.429 bits per heavy atom. The molecule has 0 saturated heterocycles. The first-order valence-corrected chi connectivity index (χ1v) is 19.8.